The van der Waals surface area contributed by atoms with E-state index in [0.29, 0.717) is 17.8 Å². The second-order valence-electron chi connectivity index (χ2n) is 5.42. The SMILES string of the molecule is CCC1OCCC1CNc1cc(=O)[nH]c(C(C)C)n1. The Morgan fingerprint density at radius 1 is 1.58 bits per heavy atom. The highest BCUT2D eigenvalue weighted by molar-refractivity contribution is 5.33. The van der Waals surface area contributed by atoms with Gasteiger partial charge in [-0.15, -0.1) is 0 Å². The molecule has 2 rings (SSSR count). The number of H-pyrrole nitrogens is 1. The average Bonchev–Trinajstić information content (AvgIpc) is 2.83. The largest absolute Gasteiger partial charge is 0.378 e. The van der Waals surface area contributed by atoms with Crippen molar-refractivity contribution in [3.05, 3.63) is 22.2 Å². The van der Waals surface area contributed by atoms with Gasteiger partial charge in [0.2, 0.25) is 0 Å². The van der Waals surface area contributed by atoms with E-state index in [0.717, 1.165) is 31.8 Å². The first-order valence-electron chi connectivity index (χ1n) is 7.07. The molecule has 2 heterocycles. The van der Waals surface area contributed by atoms with E-state index in [4.69, 9.17) is 4.74 Å². The van der Waals surface area contributed by atoms with Crippen molar-refractivity contribution >= 4 is 5.82 Å². The van der Waals surface area contributed by atoms with Gasteiger partial charge < -0.3 is 15.0 Å². The molecule has 5 heteroatoms. The van der Waals surface area contributed by atoms with Gasteiger partial charge in [0.25, 0.3) is 5.56 Å². The monoisotopic (exact) mass is 265 g/mol. The maximum Gasteiger partial charge on any atom is 0.252 e. The third-order valence-corrected chi connectivity index (χ3v) is 3.60. The Bertz CT molecular complexity index is 470. The zero-order chi connectivity index (χ0) is 13.8. The normalized spacial score (nSPS) is 22.9. The molecule has 1 fully saturated rings. The second-order valence-corrected chi connectivity index (χ2v) is 5.42. The third-order valence-electron chi connectivity index (χ3n) is 3.60. The van der Waals surface area contributed by atoms with Crippen LogP contribution in [-0.4, -0.2) is 29.2 Å². The molecule has 5 nitrogen and oxygen atoms in total. The van der Waals surface area contributed by atoms with Crippen LogP contribution >= 0.6 is 0 Å². The molecular weight excluding hydrogens is 242 g/mol. The van der Waals surface area contributed by atoms with Crippen LogP contribution in [0.5, 0.6) is 0 Å². The minimum Gasteiger partial charge on any atom is -0.378 e. The summed E-state index contributed by atoms with van der Waals surface area (Å²) < 4.78 is 5.66. The van der Waals surface area contributed by atoms with Crippen LogP contribution in [0.25, 0.3) is 0 Å². The fraction of sp³-hybridized carbons (Fsp3) is 0.714. The van der Waals surface area contributed by atoms with Crippen molar-refractivity contribution in [2.45, 2.75) is 45.6 Å². The standard InChI is InChI=1S/C14H23N3O2/c1-4-11-10(5-6-19-11)8-15-12-7-13(18)17-14(16-12)9(2)3/h7,9-11H,4-6,8H2,1-3H3,(H2,15,16,17,18). The van der Waals surface area contributed by atoms with Gasteiger partial charge in [0.05, 0.1) is 6.10 Å². The molecule has 1 aromatic rings. The van der Waals surface area contributed by atoms with Crippen LogP contribution < -0.4 is 10.9 Å². The minimum atomic E-state index is -0.101. The predicted molar refractivity (Wildman–Crippen MR) is 75.6 cm³/mol. The fourth-order valence-electron chi connectivity index (χ4n) is 2.45. The molecule has 19 heavy (non-hydrogen) atoms. The summed E-state index contributed by atoms with van der Waals surface area (Å²) >= 11 is 0. The van der Waals surface area contributed by atoms with Crippen LogP contribution in [0.3, 0.4) is 0 Å². The lowest BCUT2D eigenvalue weighted by Gasteiger charge is -2.17. The summed E-state index contributed by atoms with van der Waals surface area (Å²) in [5.74, 6) is 2.11. The Morgan fingerprint density at radius 3 is 3.05 bits per heavy atom. The van der Waals surface area contributed by atoms with Crippen molar-refractivity contribution in [2.24, 2.45) is 5.92 Å². The predicted octanol–water partition coefficient (Wildman–Crippen LogP) is 2.12. The van der Waals surface area contributed by atoms with Crippen LogP contribution in [0.1, 0.15) is 45.4 Å². The topological polar surface area (TPSA) is 67.0 Å². The number of anilines is 1. The zero-order valence-corrected chi connectivity index (χ0v) is 11.9. The van der Waals surface area contributed by atoms with Crippen molar-refractivity contribution in [3.8, 4) is 0 Å². The molecule has 0 aliphatic carbocycles. The maximum absolute atomic E-state index is 11.6. The molecule has 2 unspecified atom stereocenters. The minimum absolute atomic E-state index is 0.101. The molecule has 106 valence electrons. The van der Waals surface area contributed by atoms with Crippen LogP contribution in [0.4, 0.5) is 5.82 Å². The molecule has 2 N–H and O–H groups in total. The van der Waals surface area contributed by atoms with E-state index in [-0.39, 0.29) is 11.5 Å². The smallest absolute Gasteiger partial charge is 0.252 e. The van der Waals surface area contributed by atoms with Gasteiger partial charge in [-0.2, -0.15) is 0 Å². The molecule has 0 amide bonds. The molecule has 2 atom stereocenters. The Labute approximate surface area is 113 Å². The average molecular weight is 265 g/mol. The number of aromatic amines is 1. The molecule has 1 saturated heterocycles. The summed E-state index contributed by atoms with van der Waals surface area (Å²) in [5.41, 5.74) is -0.101. The van der Waals surface area contributed by atoms with Crippen LogP contribution in [0, 0.1) is 5.92 Å². The van der Waals surface area contributed by atoms with Gasteiger partial charge >= 0.3 is 0 Å². The first-order chi connectivity index (χ1) is 9.10. The Morgan fingerprint density at radius 2 is 2.37 bits per heavy atom. The van der Waals surface area contributed by atoms with E-state index in [1.165, 1.54) is 6.07 Å². The van der Waals surface area contributed by atoms with Gasteiger partial charge in [-0.1, -0.05) is 20.8 Å². The molecule has 1 aliphatic rings. The Hall–Kier alpha value is -1.36. The summed E-state index contributed by atoms with van der Waals surface area (Å²) in [5, 5.41) is 3.28. The number of nitrogens with one attached hydrogen (secondary N) is 2. The van der Waals surface area contributed by atoms with Gasteiger partial charge in [0, 0.05) is 31.1 Å². The summed E-state index contributed by atoms with van der Waals surface area (Å²) in [6.07, 6.45) is 2.44. The highest BCUT2D eigenvalue weighted by atomic mass is 16.5. The van der Waals surface area contributed by atoms with Crippen molar-refractivity contribution in [1.29, 1.82) is 0 Å². The highest BCUT2D eigenvalue weighted by Crippen LogP contribution is 2.23. The molecule has 0 spiro atoms. The number of nitrogens with zero attached hydrogens (tertiary/aromatic N) is 1. The van der Waals surface area contributed by atoms with Gasteiger partial charge in [-0.05, 0) is 12.8 Å². The van der Waals surface area contributed by atoms with E-state index in [1.54, 1.807) is 0 Å². The quantitative estimate of drug-likeness (QED) is 0.855. The van der Waals surface area contributed by atoms with Crippen LogP contribution in [-0.2, 0) is 4.74 Å². The van der Waals surface area contributed by atoms with E-state index in [2.05, 4.69) is 22.2 Å². The van der Waals surface area contributed by atoms with E-state index < -0.39 is 0 Å². The van der Waals surface area contributed by atoms with E-state index in [1.807, 2.05) is 13.8 Å². The van der Waals surface area contributed by atoms with Crippen molar-refractivity contribution in [1.82, 2.24) is 9.97 Å². The van der Waals surface area contributed by atoms with E-state index >= 15 is 0 Å². The highest BCUT2D eigenvalue weighted by Gasteiger charge is 2.26. The van der Waals surface area contributed by atoms with Gasteiger partial charge in [0.1, 0.15) is 11.6 Å². The van der Waals surface area contributed by atoms with Crippen LogP contribution in [0.2, 0.25) is 0 Å². The summed E-state index contributed by atoms with van der Waals surface area (Å²) in [6, 6.07) is 1.52. The third kappa shape index (κ3) is 3.56. The van der Waals surface area contributed by atoms with Gasteiger partial charge in [-0.25, -0.2) is 4.98 Å². The maximum atomic E-state index is 11.6. The molecule has 0 bridgehead atoms. The fourth-order valence-corrected chi connectivity index (χ4v) is 2.45. The molecule has 1 aromatic heterocycles. The Balaban J connectivity index is 2.01. The number of hydrogen-bond acceptors (Lipinski definition) is 4. The summed E-state index contributed by atoms with van der Waals surface area (Å²) in [6.45, 7) is 7.82. The first-order valence-corrected chi connectivity index (χ1v) is 7.07. The molecule has 1 aliphatic heterocycles. The zero-order valence-electron chi connectivity index (χ0n) is 11.9. The molecular formula is C14H23N3O2. The lowest BCUT2D eigenvalue weighted by Crippen LogP contribution is -2.24. The van der Waals surface area contributed by atoms with Gasteiger partial charge in [-0.3, -0.25) is 4.79 Å². The van der Waals surface area contributed by atoms with Crippen LogP contribution in [0.15, 0.2) is 10.9 Å². The Kier molecular flexibility index (Phi) is 4.58. The van der Waals surface area contributed by atoms with Crippen molar-refractivity contribution in [3.63, 3.8) is 0 Å². The number of hydrogen-bond donors (Lipinski definition) is 2. The molecule has 0 saturated carbocycles. The first kappa shape index (κ1) is 14.1. The molecule has 0 aromatic carbocycles. The summed E-state index contributed by atoms with van der Waals surface area (Å²) in [7, 11) is 0. The second kappa shape index (κ2) is 6.19. The van der Waals surface area contributed by atoms with E-state index in [9.17, 15) is 4.79 Å². The lowest BCUT2D eigenvalue weighted by atomic mass is 10.00. The summed E-state index contributed by atoms with van der Waals surface area (Å²) in [4.78, 5) is 18.8. The van der Waals surface area contributed by atoms with Crippen molar-refractivity contribution < 1.29 is 4.74 Å². The van der Waals surface area contributed by atoms with Gasteiger partial charge in [0.15, 0.2) is 0 Å². The lowest BCUT2D eigenvalue weighted by molar-refractivity contribution is 0.0900. The number of rotatable bonds is 5. The number of ether oxygens (including phenoxy) is 1. The number of aromatic nitrogens is 2. The van der Waals surface area contributed by atoms with Crippen molar-refractivity contribution in [2.75, 3.05) is 18.5 Å². The molecule has 0 radical (unpaired) electrons.